The topological polar surface area (TPSA) is 98.7 Å². The van der Waals surface area contributed by atoms with Gasteiger partial charge in [0.25, 0.3) is 0 Å². The van der Waals surface area contributed by atoms with E-state index in [-0.39, 0.29) is 33.9 Å². The van der Waals surface area contributed by atoms with Gasteiger partial charge in [0.1, 0.15) is 0 Å². The van der Waals surface area contributed by atoms with Crippen LogP contribution >= 0.6 is 0 Å². The summed E-state index contributed by atoms with van der Waals surface area (Å²) in [4.78, 5) is 14.6. The molecule has 0 unspecified atom stereocenters. The third-order valence-corrected chi connectivity index (χ3v) is 13.6. The molecular weight excluding hydrogens is 940 g/mol. The molecule has 12 heteroatoms. The van der Waals surface area contributed by atoms with Crippen molar-refractivity contribution in [1.29, 1.82) is 15.8 Å². The number of alkyl halides is 3. The van der Waals surface area contributed by atoms with E-state index >= 15 is 0 Å². The molecule has 11 aromatic rings. The summed E-state index contributed by atoms with van der Waals surface area (Å²) in [5.74, 6) is 0. The molecule has 0 aliphatic rings. The van der Waals surface area contributed by atoms with Crippen LogP contribution in [-0.2, 0) is 6.18 Å². The van der Waals surface area contributed by atoms with Crippen LogP contribution in [0.2, 0.25) is 0 Å². The Balaban J connectivity index is 1.21. The van der Waals surface area contributed by atoms with Crippen molar-refractivity contribution in [2.75, 3.05) is 0 Å². The van der Waals surface area contributed by atoms with Gasteiger partial charge in [-0.1, -0.05) is 72.8 Å². The van der Waals surface area contributed by atoms with Crippen LogP contribution < -0.4 is 0 Å². The lowest BCUT2D eigenvalue weighted by molar-refractivity contribution is -0.137. The van der Waals surface area contributed by atoms with E-state index in [1.807, 2.05) is 121 Å². The lowest BCUT2D eigenvalue weighted by Gasteiger charge is -2.21. The van der Waals surface area contributed by atoms with Crippen LogP contribution in [0.4, 0.5) is 35.9 Å². The second kappa shape index (κ2) is 17.9. The molecule has 0 N–H and O–H groups in total. The van der Waals surface area contributed by atoms with Gasteiger partial charge in [-0.3, -0.25) is 0 Å². The monoisotopic (exact) mass is 969 g/mol. The van der Waals surface area contributed by atoms with Crippen LogP contribution in [0.1, 0.15) is 27.8 Å². The number of nitrogens with zero attached hydrogens (tertiary/aromatic N) is 9. The minimum Gasteiger partial charge on any atom is -0.309 e. The number of aromatic nitrogens is 2. The molecule has 348 valence electrons. The highest BCUT2D eigenvalue weighted by molar-refractivity contribution is 6.14. The van der Waals surface area contributed by atoms with Crippen LogP contribution in [-0.4, -0.2) is 9.13 Å². The highest BCUT2D eigenvalue weighted by Crippen LogP contribution is 2.47. The van der Waals surface area contributed by atoms with Crippen molar-refractivity contribution < 1.29 is 13.2 Å². The summed E-state index contributed by atoms with van der Waals surface area (Å²) >= 11 is 0. The minimum atomic E-state index is -4.55. The lowest BCUT2D eigenvalue weighted by Crippen LogP contribution is -2.05. The van der Waals surface area contributed by atoms with Crippen LogP contribution in [0.25, 0.3) is 119 Å². The average Bonchev–Trinajstić information content (AvgIpc) is 3.97. The molecule has 0 atom stereocenters. The molecule has 0 bridgehead atoms. The maximum atomic E-state index is 14.0. The molecule has 0 saturated heterocycles. The van der Waals surface area contributed by atoms with Crippen LogP contribution in [0.5, 0.6) is 0 Å². The fraction of sp³-hybridized carbons (Fsp3) is 0.0317. The number of halogens is 3. The maximum Gasteiger partial charge on any atom is 0.416 e. The van der Waals surface area contributed by atoms with Crippen molar-refractivity contribution in [1.82, 2.24) is 9.13 Å². The van der Waals surface area contributed by atoms with E-state index in [4.69, 9.17) is 26.3 Å². The Hall–Kier alpha value is -11.2. The van der Waals surface area contributed by atoms with Gasteiger partial charge in [-0.25, -0.2) is 19.4 Å². The number of aryl methyl sites for hydroxylation is 1. The van der Waals surface area contributed by atoms with E-state index in [2.05, 4.69) is 40.7 Å². The molecule has 2 heterocycles. The predicted octanol–water partition coefficient (Wildman–Crippen LogP) is 17.7. The van der Waals surface area contributed by atoms with Crippen LogP contribution in [0.3, 0.4) is 0 Å². The first-order valence-corrected chi connectivity index (χ1v) is 23.0. The third kappa shape index (κ3) is 7.51. The highest BCUT2D eigenvalue weighted by Gasteiger charge is 2.31. The number of hydrogen-bond acceptors (Lipinski definition) is 3. The molecule has 9 nitrogen and oxygen atoms in total. The fourth-order valence-electron chi connectivity index (χ4n) is 10.4. The Labute approximate surface area is 427 Å². The van der Waals surface area contributed by atoms with E-state index < -0.39 is 11.7 Å². The van der Waals surface area contributed by atoms with Crippen molar-refractivity contribution in [3.8, 4) is 74.1 Å². The number of rotatable bonds is 6. The van der Waals surface area contributed by atoms with Crippen LogP contribution in [0.15, 0.2) is 164 Å². The van der Waals surface area contributed by atoms with Gasteiger partial charge in [-0.15, -0.1) is 0 Å². The van der Waals surface area contributed by atoms with Crippen molar-refractivity contribution >= 4 is 66.4 Å². The van der Waals surface area contributed by atoms with Gasteiger partial charge >= 0.3 is 6.18 Å². The van der Waals surface area contributed by atoms with Gasteiger partial charge in [0.05, 0.1) is 89.1 Å². The number of benzene rings is 9. The molecule has 2 aromatic heterocycles. The Bertz CT molecular complexity index is 4570. The van der Waals surface area contributed by atoms with Gasteiger partial charge in [0.2, 0.25) is 0 Å². The second-order valence-electron chi connectivity index (χ2n) is 17.7. The molecule has 0 aliphatic carbocycles. The van der Waals surface area contributed by atoms with Gasteiger partial charge in [-0.2, -0.15) is 29.0 Å². The molecule has 0 radical (unpaired) electrons. The smallest absolute Gasteiger partial charge is 0.309 e. The molecule has 0 saturated carbocycles. The number of nitriles is 3. The zero-order chi connectivity index (χ0) is 52.3. The Morgan fingerprint density at radius 1 is 0.440 bits per heavy atom. The zero-order valence-corrected chi connectivity index (χ0v) is 39.2. The third-order valence-electron chi connectivity index (χ3n) is 13.6. The van der Waals surface area contributed by atoms with Gasteiger partial charge in [-0.05, 0) is 131 Å². The largest absolute Gasteiger partial charge is 0.416 e. The van der Waals surface area contributed by atoms with E-state index in [0.717, 1.165) is 55.7 Å². The van der Waals surface area contributed by atoms with E-state index in [0.29, 0.717) is 67.0 Å². The number of hydrogen-bond donors (Lipinski definition) is 0. The molecular formula is C63H30F3N9. The van der Waals surface area contributed by atoms with E-state index in [1.165, 1.54) is 30.3 Å². The number of fused-ring (bicyclic) bond motifs is 6. The summed E-state index contributed by atoms with van der Waals surface area (Å²) < 4.78 is 46.3. The molecule has 0 spiro atoms. The van der Waals surface area contributed by atoms with Gasteiger partial charge in [0.15, 0.2) is 22.7 Å². The summed E-state index contributed by atoms with van der Waals surface area (Å²) in [5.41, 5.74) is 10.0. The molecule has 0 amide bonds. The Morgan fingerprint density at radius 2 is 0.987 bits per heavy atom. The molecule has 9 aromatic carbocycles. The SMILES string of the molecule is [C-]#[N+]c1cc(C#N)c(-c2ccc3c(c2)c2ccccc2n3-c2ccc(-c3ccc(C(F)(F)F)cc3C)cc2-c2ccc(C#N)cc2-n2c3ccccc3c3cc(-c4c([N+]#[C-])cc(C#N)cc4[N+]#[C-])ccc32)c([N+]#[C-])c1. The molecule has 0 aliphatic heterocycles. The van der Waals surface area contributed by atoms with Crippen molar-refractivity contribution in [3.05, 3.63) is 237 Å². The summed E-state index contributed by atoms with van der Waals surface area (Å²) in [6.07, 6.45) is -4.55. The predicted molar refractivity (Wildman–Crippen MR) is 286 cm³/mol. The summed E-state index contributed by atoms with van der Waals surface area (Å²) in [6, 6.07) is 54.3. The number of para-hydroxylation sites is 2. The summed E-state index contributed by atoms with van der Waals surface area (Å²) in [5, 5.41) is 33.8. The first-order chi connectivity index (χ1) is 36.4. The van der Waals surface area contributed by atoms with Gasteiger partial charge < -0.3 is 9.13 Å². The Kier molecular flexibility index (Phi) is 11.0. The Morgan fingerprint density at radius 3 is 1.55 bits per heavy atom. The van der Waals surface area contributed by atoms with Gasteiger partial charge in [0, 0.05) is 49.4 Å². The molecule has 11 rings (SSSR count). The lowest BCUT2D eigenvalue weighted by atomic mass is 9.92. The second-order valence-corrected chi connectivity index (χ2v) is 17.7. The normalized spacial score (nSPS) is 11.1. The van der Waals surface area contributed by atoms with E-state index in [1.54, 1.807) is 13.0 Å². The zero-order valence-electron chi connectivity index (χ0n) is 39.2. The molecule has 0 fully saturated rings. The van der Waals surface area contributed by atoms with Crippen molar-refractivity contribution in [2.24, 2.45) is 0 Å². The minimum absolute atomic E-state index is 0.166. The standard InChI is InChI=1S/C63H30F3N9/c1-36-24-43(63(64,65)66)18-20-45(36)39-15-21-57(74-55-12-8-6-10-46(55)50-30-40(16-22-58(50)74)61-42(35-69)28-44(70-2)32-54(61)73-5)49(29-39)48-19-14-37(33-67)27-60(48)75-56-13-9-7-11-47(56)51-31-41(17-23-59(51)75)62-52(71-3)25-38(34-68)26-53(62)72-4/h6-32H,1H3. The first kappa shape index (κ1) is 46.2. The fourth-order valence-corrected chi connectivity index (χ4v) is 10.4. The summed E-state index contributed by atoms with van der Waals surface area (Å²) in [7, 11) is 0. The van der Waals surface area contributed by atoms with Crippen molar-refractivity contribution in [3.63, 3.8) is 0 Å². The van der Waals surface area contributed by atoms with E-state index in [9.17, 15) is 29.0 Å². The first-order valence-electron chi connectivity index (χ1n) is 23.0. The molecule has 75 heavy (non-hydrogen) atoms. The van der Waals surface area contributed by atoms with Crippen molar-refractivity contribution in [2.45, 2.75) is 13.1 Å². The average molecular weight is 970 g/mol. The quantitative estimate of drug-likeness (QED) is 0.155. The maximum absolute atomic E-state index is 14.0. The summed E-state index contributed by atoms with van der Waals surface area (Å²) in [6.45, 7) is 33.2. The van der Waals surface area contributed by atoms with Crippen LogP contribution in [0, 0.1) is 67.2 Å². The highest BCUT2D eigenvalue weighted by atomic mass is 19.4.